The second-order valence-electron chi connectivity index (χ2n) is 7.36. The molecule has 3 atom stereocenters. The zero-order valence-corrected chi connectivity index (χ0v) is 15.5. The molecule has 0 unspecified atom stereocenters. The number of piperidine rings is 1. The predicted molar refractivity (Wildman–Crippen MR) is 97.4 cm³/mol. The first kappa shape index (κ1) is 18.1. The standard InChI is InChI=1S/C19H30N4O2/c1-14-13-25-15(2)12-23(14)19(24)21-18-6-10-22(11-7-18)16(3)17-4-8-20-9-5-17/h4-5,8-9,14-16,18H,6-7,10-13H2,1-3H3,(H,21,24)/t14-,15+,16-/m0/s1. The number of rotatable bonds is 3. The van der Waals surface area contributed by atoms with Crippen LogP contribution in [0.25, 0.3) is 0 Å². The van der Waals surface area contributed by atoms with E-state index in [-0.39, 0.29) is 24.2 Å². The van der Waals surface area contributed by atoms with Crippen molar-refractivity contribution in [2.75, 3.05) is 26.2 Å². The topological polar surface area (TPSA) is 57.7 Å². The summed E-state index contributed by atoms with van der Waals surface area (Å²) >= 11 is 0. The lowest BCUT2D eigenvalue weighted by Crippen LogP contribution is -2.56. The Morgan fingerprint density at radius 2 is 1.96 bits per heavy atom. The molecule has 0 radical (unpaired) electrons. The van der Waals surface area contributed by atoms with Crippen molar-refractivity contribution in [1.82, 2.24) is 20.1 Å². The van der Waals surface area contributed by atoms with Crippen LogP contribution in [0.1, 0.15) is 45.2 Å². The van der Waals surface area contributed by atoms with Crippen LogP contribution < -0.4 is 5.32 Å². The van der Waals surface area contributed by atoms with Crippen molar-refractivity contribution >= 4 is 6.03 Å². The van der Waals surface area contributed by atoms with E-state index in [4.69, 9.17) is 4.74 Å². The number of hydrogen-bond acceptors (Lipinski definition) is 4. The van der Waals surface area contributed by atoms with Gasteiger partial charge in [-0.25, -0.2) is 4.79 Å². The molecule has 2 aliphatic heterocycles. The van der Waals surface area contributed by atoms with Gasteiger partial charge in [0.05, 0.1) is 18.8 Å². The summed E-state index contributed by atoms with van der Waals surface area (Å²) in [6, 6.07) is 5.02. The van der Waals surface area contributed by atoms with Crippen LogP contribution in [-0.2, 0) is 4.74 Å². The number of urea groups is 1. The van der Waals surface area contributed by atoms with Gasteiger partial charge >= 0.3 is 6.03 Å². The largest absolute Gasteiger partial charge is 0.375 e. The minimum atomic E-state index is 0.0586. The third-order valence-electron chi connectivity index (χ3n) is 5.46. The summed E-state index contributed by atoms with van der Waals surface area (Å²) in [7, 11) is 0. The normalized spacial score (nSPS) is 27.1. The maximum absolute atomic E-state index is 12.6. The summed E-state index contributed by atoms with van der Waals surface area (Å²) in [5.74, 6) is 0. The molecule has 0 saturated carbocycles. The summed E-state index contributed by atoms with van der Waals surface area (Å²) in [6.07, 6.45) is 5.81. The number of carbonyl (C=O) groups excluding carboxylic acids is 1. The lowest BCUT2D eigenvalue weighted by molar-refractivity contribution is -0.0324. The molecule has 138 valence electrons. The van der Waals surface area contributed by atoms with Gasteiger partial charge in [-0.15, -0.1) is 0 Å². The maximum Gasteiger partial charge on any atom is 0.318 e. The number of nitrogens with zero attached hydrogens (tertiary/aromatic N) is 3. The van der Waals surface area contributed by atoms with E-state index in [1.165, 1.54) is 5.56 Å². The fourth-order valence-electron chi connectivity index (χ4n) is 3.73. The van der Waals surface area contributed by atoms with Crippen molar-refractivity contribution < 1.29 is 9.53 Å². The van der Waals surface area contributed by atoms with Crippen LogP contribution in [0.2, 0.25) is 0 Å². The number of aromatic nitrogens is 1. The molecule has 6 nitrogen and oxygen atoms in total. The Kier molecular flexibility index (Phi) is 5.91. The van der Waals surface area contributed by atoms with Gasteiger partial charge in [-0.1, -0.05) is 0 Å². The van der Waals surface area contributed by atoms with E-state index in [1.807, 2.05) is 31.1 Å². The number of morpholine rings is 1. The van der Waals surface area contributed by atoms with Gasteiger partial charge in [-0.3, -0.25) is 9.88 Å². The third-order valence-corrected chi connectivity index (χ3v) is 5.46. The highest BCUT2D eigenvalue weighted by Crippen LogP contribution is 2.24. The van der Waals surface area contributed by atoms with E-state index in [1.54, 1.807) is 0 Å². The molecule has 6 heteroatoms. The van der Waals surface area contributed by atoms with Gasteiger partial charge in [0, 0.05) is 44.1 Å². The Morgan fingerprint density at radius 1 is 1.28 bits per heavy atom. The predicted octanol–water partition coefficient (Wildman–Crippen LogP) is 2.43. The zero-order valence-electron chi connectivity index (χ0n) is 15.5. The average Bonchev–Trinajstić information content (AvgIpc) is 2.64. The highest BCUT2D eigenvalue weighted by atomic mass is 16.5. The number of pyridine rings is 1. The van der Waals surface area contributed by atoms with Gasteiger partial charge in [0.25, 0.3) is 0 Å². The van der Waals surface area contributed by atoms with Crippen LogP contribution in [0, 0.1) is 0 Å². The van der Waals surface area contributed by atoms with Crippen LogP contribution in [0.5, 0.6) is 0 Å². The lowest BCUT2D eigenvalue weighted by atomic mass is 10.0. The van der Waals surface area contributed by atoms with Crippen molar-refractivity contribution in [2.24, 2.45) is 0 Å². The molecule has 2 saturated heterocycles. The first-order chi connectivity index (χ1) is 12.0. The number of hydrogen-bond donors (Lipinski definition) is 1. The van der Waals surface area contributed by atoms with Gasteiger partial charge in [-0.05, 0) is 51.3 Å². The Bertz CT molecular complexity index is 560. The van der Waals surface area contributed by atoms with Crippen molar-refractivity contribution in [3.8, 4) is 0 Å². The molecule has 0 aromatic carbocycles. The molecule has 2 fully saturated rings. The van der Waals surface area contributed by atoms with Crippen molar-refractivity contribution in [3.05, 3.63) is 30.1 Å². The van der Waals surface area contributed by atoms with Crippen LogP contribution in [0.3, 0.4) is 0 Å². The monoisotopic (exact) mass is 346 g/mol. The molecule has 2 amide bonds. The van der Waals surface area contributed by atoms with Crippen LogP contribution >= 0.6 is 0 Å². The highest BCUT2D eigenvalue weighted by Gasteiger charge is 2.30. The fraction of sp³-hybridized carbons (Fsp3) is 0.684. The molecule has 1 aromatic rings. The first-order valence-corrected chi connectivity index (χ1v) is 9.37. The summed E-state index contributed by atoms with van der Waals surface area (Å²) in [5, 5.41) is 3.23. The Balaban J connectivity index is 1.48. The van der Waals surface area contributed by atoms with Crippen molar-refractivity contribution in [3.63, 3.8) is 0 Å². The average molecular weight is 346 g/mol. The first-order valence-electron chi connectivity index (χ1n) is 9.37. The molecule has 1 N–H and O–H groups in total. The molecular formula is C19H30N4O2. The number of amides is 2. The molecule has 25 heavy (non-hydrogen) atoms. The molecule has 2 aliphatic rings. The lowest BCUT2D eigenvalue weighted by Gasteiger charge is -2.40. The number of nitrogens with one attached hydrogen (secondary N) is 1. The van der Waals surface area contributed by atoms with Crippen LogP contribution in [0.15, 0.2) is 24.5 Å². The number of ether oxygens (including phenoxy) is 1. The summed E-state index contributed by atoms with van der Waals surface area (Å²) in [4.78, 5) is 21.1. The minimum Gasteiger partial charge on any atom is -0.375 e. The van der Waals surface area contributed by atoms with E-state index < -0.39 is 0 Å². The van der Waals surface area contributed by atoms with Gasteiger partial charge in [-0.2, -0.15) is 0 Å². The van der Waals surface area contributed by atoms with Gasteiger partial charge in [0.1, 0.15) is 0 Å². The van der Waals surface area contributed by atoms with Crippen molar-refractivity contribution in [1.29, 1.82) is 0 Å². The highest BCUT2D eigenvalue weighted by molar-refractivity contribution is 5.75. The smallest absolute Gasteiger partial charge is 0.318 e. The van der Waals surface area contributed by atoms with Crippen molar-refractivity contribution in [2.45, 2.75) is 57.8 Å². The fourth-order valence-corrected chi connectivity index (χ4v) is 3.73. The number of carbonyl (C=O) groups is 1. The molecule has 0 spiro atoms. The Morgan fingerprint density at radius 3 is 2.64 bits per heavy atom. The molecule has 1 aromatic heterocycles. The number of likely N-dealkylation sites (tertiary alicyclic amines) is 1. The van der Waals surface area contributed by atoms with E-state index in [0.717, 1.165) is 25.9 Å². The Hall–Kier alpha value is -1.66. The molecule has 0 aliphatic carbocycles. The van der Waals surface area contributed by atoms with Gasteiger partial charge in [0.2, 0.25) is 0 Å². The van der Waals surface area contributed by atoms with E-state index in [0.29, 0.717) is 19.2 Å². The summed E-state index contributed by atoms with van der Waals surface area (Å²) in [6.45, 7) is 9.61. The molecule has 0 bridgehead atoms. The summed E-state index contributed by atoms with van der Waals surface area (Å²) in [5.41, 5.74) is 1.30. The molecule has 3 heterocycles. The van der Waals surface area contributed by atoms with E-state index in [2.05, 4.69) is 34.3 Å². The van der Waals surface area contributed by atoms with Crippen LogP contribution in [-0.4, -0.2) is 65.2 Å². The third kappa shape index (κ3) is 4.50. The maximum atomic E-state index is 12.6. The SMILES string of the molecule is C[C@@H]1CN(C(=O)NC2CCN([C@@H](C)c3ccncc3)CC2)[C@@H](C)CO1. The second kappa shape index (κ2) is 8.15. The van der Waals surface area contributed by atoms with Crippen LogP contribution in [0.4, 0.5) is 4.79 Å². The van der Waals surface area contributed by atoms with E-state index in [9.17, 15) is 4.79 Å². The van der Waals surface area contributed by atoms with E-state index >= 15 is 0 Å². The quantitative estimate of drug-likeness (QED) is 0.913. The Labute approximate surface area is 150 Å². The summed E-state index contributed by atoms with van der Waals surface area (Å²) < 4.78 is 5.61. The minimum absolute atomic E-state index is 0.0586. The molecular weight excluding hydrogens is 316 g/mol. The van der Waals surface area contributed by atoms with Gasteiger partial charge in [0.15, 0.2) is 0 Å². The second-order valence-corrected chi connectivity index (χ2v) is 7.36. The molecule has 3 rings (SSSR count). The van der Waals surface area contributed by atoms with Gasteiger partial charge < -0.3 is 15.0 Å². The zero-order chi connectivity index (χ0) is 17.8.